The molecule has 2 aromatic rings. The van der Waals surface area contributed by atoms with E-state index in [9.17, 15) is 31.1 Å². The quantitative estimate of drug-likeness (QED) is 0.397. The van der Waals surface area contributed by atoms with Crippen molar-refractivity contribution in [2.24, 2.45) is 0 Å². The van der Waals surface area contributed by atoms with E-state index in [1.807, 2.05) is 0 Å². The van der Waals surface area contributed by atoms with Crippen LogP contribution in [-0.4, -0.2) is 5.97 Å². The predicted molar refractivity (Wildman–Crippen MR) is 77.3 cm³/mol. The van der Waals surface area contributed by atoms with Crippen LogP contribution in [0.25, 0.3) is 0 Å². The second-order valence-corrected chi connectivity index (χ2v) is 5.34. The molecule has 0 N–H and O–H groups in total. The van der Waals surface area contributed by atoms with Crippen molar-refractivity contribution in [3.63, 3.8) is 0 Å². The van der Waals surface area contributed by atoms with Gasteiger partial charge in [-0.15, -0.1) is 0 Å². The topological polar surface area (TPSA) is 26.3 Å². The number of aryl methyl sites for hydroxylation is 1. The number of esters is 1. The van der Waals surface area contributed by atoms with Crippen molar-refractivity contribution in [3.8, 4) is 5.75 Å². The zero-order chi connectivity index (χ0) is 19.0. The van der Waals surface area contributed by atoms with Crippen molar-refractivity contribution in [1.82, 2.24) is 0 Å². The van der Waals surface area contributed by atoms with Gasteiger partial charge in [-0.3, -0.25) is 0 Å². The van der Waals surface area contributed by atoms with Crippen LogP contribution < -0.4 is 4.74 Å². The maximum atomic E-state index is 13.0. The van der Waals surface area contributed by atoms with Gasteiger partial charge in [0.2, 0.25) is 0 Å². The minimum atomic E-state index is -5.00. The average molecular weight is 362 g/mol. The van der Waals surface area contributed by atoms with E-state index in [1.54, 1.807) is 19.9 Å². The number of hydrogen-bond acceptors (Lipinski definition) is 2. The SMILES string of the molecule is Cc1cccc(OC(=O)c2cc(C(F)(F)F)ccc2C(F)(F)F)c1C. The summed E-state index contributed by atoms with van der Waals surface area (Å²) in [5.74, 6) is -1.53. The number of rotatable bonds is 2. The number of halogens is 6. The Morgan fingerprint density at radius 2 is 1.56 bits per heavy atom. The number of benzene rings is 2. The van der Waals surface area contributed by atoms with E-state index in [4.69, 9.17) is 4.74 Å². The summed E-state index contributed by atoms with van der Waals surface area (Å²) in [6, 6.07) is 5.21. The molecule has 0 aliphatic heterocycles. The maximum absolute atomic E-state index is 13.0. The van der Waals surface area contributed by atoms with Crippen LogP contribution in [0.3, 0.4) is 0 Å². The highest BCUT2D eigenvalue weighted by Crippen LogP contribution is 2.37. The van der Waals surface area contributed by atoms with E-state index in [-0.39, 0.29) is 23.9 Å². The van der Waals surface area contributed by atoms with Gasteiger partial charge in [-0.2, -0.15) is 26.3 Å². The molecule has 0 heterocycles. The fourth-order valence-electron chi connectivity index (χ4n) is 2.13. The molecule has 0 saturated carbocycles. The smallest absolute Gasteiger partial charge is 0.417 e. The molecule has 0 aromatic heterocycles. The number of alkyl halides is 6. The maximum Gasteiger partial charge on any atom is 0.417 e. The molecule has 8 heteroatoms. The molecule has 0 aliphatic rings. The lowest BCUT2D eigenvalue weighted by atomic mass is 10.0. The Balaban J connectivity index is 2.51. The van der Waals surface area contributed by atoms with Crippen LogP contribution in [0.4, 0.5) is 26.3 Å². The second-order valence-electron chi connectivity index (χ2n) is 5.34. The van der Waals surface area contributed by atoms with Crippen molar-refractivity contribution < 1.29 is 35.9 Å². The number of ether oxygens (including phenoxy) is 1. The molecule has 2 aromatic carbocycles. The van der Waals surface area contributed by atoms with Crippen molar-refractivity contribution >= 4 is 5.97 Å². The summed E-state index contributed by atoms with van der Waals surface area (Å²) in [4.78, 5) is 12.1. The van der Waals surface area contributed by atoms with Crippen LogP contribution in [-0.2, 0) is 12.4 Å². The highest BCUT2D eigenvalue weighted by Gasteiger charge is 2.39. The van der Waals surface area contributed by atoms with E-state index >= 15 is 0 Å². The Morgan fingerprint density at radius 1 is 0.920 bits per heavy atom. The van der Waals surface area contributed by atoms with Gasteiger partial charge in [-0.25, -0.2) is 4.79 Å². The predicted octanol–water partition coefficient (Wildman–Crippen LogP) is 5.56. The lowest BCUT2D eigenvalue weighted by Crippen LogP contribution is -2.19. The molecule has 0 fully saturated rings. The van der Waals surface area contributed by atoms with Gasteiger partial charge in [-0.05, 0) is 49.2 Å². The first-order chi connectivity index (χ1) is 11.4. The molecular weight excluding hydrogens is 350 g/mol. The van der Waals surface area contributed by atoms with Crippen molar-refractivity contribution in [3.05, 3.63) is 64.2 Å². The molecule has 0 bridgehead atoms. The standard InChI is InChI=1S/C17H12F6O2/c1-9-4-3-5-14(10(9)2)25-15(24)12-8-11(16(18,19)20)6-7-13(12)17(21,22)23/h3-8H,1-2H3. The summed E-state index contributed by atoms with van der Waals surface area (Å²) < 4.78 is 82.3. The van der Waals surface area contributed by atoms with Crippen LogP contribution in [0.15, 0.2) is 36.4 Å². The lowest BCUT2D eigenvalue weighted by Gasteiger charge is -2.16. The fourth-order valence-corrected chi connectivity index (χ4v) is 2.13. The molecule has 0 unspecified atom stereocenters. The summed E-state index contributed by atoms with van der Waals surface area (Å²) in [5, 5.41) is 0. The van der Waals surface area contributed by atoms with Crippen molar-refractivity contribution in [2.75, 3.05) is 0 Å². The Bertz CT molecular complexity index is 806. The van der Waals surface area contributed by atoms with Gasteiger partial charge in [0.05, 0.1) is 16.7 Å². The van der Waals surface area contributed by atoms with Crippen molar-refractivity contribution in [1.29, 1.82) is 0 Å². The van der Waals surface area contributed by atoms with Crippen LogP contribution in [0.2, 0.25) is 0 Å². The summed E-state index contributed by atoms with van der Waals surface area (Å²) in [6.45, 7) is 3.27. The third-order valence-corrected chi connectivity index (χ3v) is 3.63. The molecule has 0 amide bonds. The highest BCUT2D eigenvalue weighted by atomic mass is 19.4. The van der Waals surface area contributed by atoms with E-state index in [2.05, 4.69) is 0 Å². The molecule has 134 valence electrons. The minimum absolute atomic E-state index is 0.0180. The van der Waals surface area contributed by atoms with Crippen LogP contribution in [0.5, 0.6) is 5.75 Å². The second kappa shape index (κ2) is 6.42. The first-order valence-electron chi connectivity index (χ1n) is 6.98. The van der Waals surface area contributed by atoms with Gasteiger partial charge in [-0.1, -0.05) is 12.1 Å². The van der Waals surface area contributed by atoms with E-state index < -0.39 is 35.0 Å². The number of carbonyl (C=O) groups excluding carboxylic acids is 1. The lowest BCUT2D eigenvalue weighted by molar-refractivity contribution is -0.141. The molecule has 2 nitrogen and oxygen atoms in total. The molecule has 0 saturated heterocycles. The molecular formula is C17H12F6O2. The van der Waals surface area contributed by atoms with Crippen LogP contribution in [0, 0.1) is 13.8 Å². The molecule has 0 radical (unpaired) electrons. The largest absolute Gasteiger partial charge is 0.423 e. The van der Waals surface area contributed by atoms with E-state index in [1.165, 1.54) is 12.1 Å². The summed E-state index contributed by atoms with van der Waals surface area (Å²) >= 11 is 0. The Labute approximate surface area is 139 Å². The summed E-state index contributed by atoms with van der Waals surface area (Å²) in [5.41, 5.74) is -2.84. The molecule has 2 rings (SSSR count). The Hall–Kier alpha value is -2.51. The van der Waals surface area contributed by atoms with Crippen molar-refractivity contribution in [2.45, 2.75) is 26.2 Å². The zero-order valence-corrected chi connectivity index (χ0v) is 13.0. The van der Waals surface area contributed by atoms with Crippen LogP contribution >= 0.6 is 0 Å². The normalized spacial score (nSPS) is 12.2. The third kappa shape index (κ3) is 4.12. The number of hydrogen-bond donors (Lipinski definition) is 0. The third-order valence-electron chi connectivity index (χ3n) is 3.63. The zero-order valence-electron chi connectivity index (χ0n) is 13.0. The Kier molecular flexibility index (Phi) is 4.83. The molecule has 0 spiro atoms. The molecule has 0 atom stereocenters. The van der Waals surface area contributed by atoms with Gasteiger partial charge in [0.15, 0.2) is 0 Å². The van der Waals surface area contributed by atoms with Crippen LogP contribution in [0.1, 0.15) is 32.6 Å². The van der Waals surface area contributed by atoms with Gasteiger partial charge in [0.25, 0.3) is 0 Å². The fraction of sp³-hybridized carbons (Fsp3) is 0.235. The summed E-state index contributed by atoms with van der Waals surface area (Å²) in [7, 11) is 0. The van der Waals surface area contributed by atoms with Gasteiger partial charge >= 0.3 is 18.3 Å². The monoisotopic (exact) mass is 362 g/mol. The van der Waals surface area contributed by atoms with Gasteiger partial charge < -0.3 is 4.74 Å². The van der Waals surface area contributed by atoms with E-state index in [0.29, 0.717) is 11.1 Å². The average Bonchev–Trinajstić information content (AvgIpc) is 2.49. The first kappa shape index (κ1) is 18.8. The highest BCUT2D eigenvalue weighted by molar-refractivity contribution is 5.93. The first-order valence-corrected chi connectivity index (χ1v) is 6.98. The van der Waals surface area contributed by atoms with Gasteiger partial charge in [0, 0.05) is 0 Å². The van der Waals surface area contributed by atoms with E-state index in [0.717, 1.165) is 0 Å². The summed E-state index contributed by atoms with van der Waals surface area (Å²) in [6.07, 6.45) is -9.89. The Morgan fingerprint density at radius 3 is 2.12 bits per heavy atom. The molecule has 25 heavy (non-hydrogen) atoms. The minimum Gasteiger partial charge on any atom is -0.423 e. The van der Waals surface area contributed by atoms with Gasteiger partial charge in [0.1, 0.15) is 5.75 Å². The number of carbonyl (C=O) groups is 1. The molecule has 0 aliphatic carbocycles.